The van der Waals surface area contributed by atoms with Gasteiger partial charge >= 0.3 is 0 Å². The van der Waals surface area contributed by atoms with Crippen LogP contribution in [-0.4, -0.2) is 15.0 Å². The zero-order chi connectivity index (χ0) is 14.2. The Morgan fingerprint density at radius 3 is 2.90 bits per heavy atom. The van der Waals surface area contributed by atoms with E-state index in [1.807, 2.05) is 29.8 Å². The molecule has 0 atom stereocenters. The summed E-state index contributed by atoms with van der Waals surface area (Å²) < 4.78 is 2.08. The van der Waals surface area contributed by atoms with Crippen molar-refractivity contribution in [2.24, 2.45) is 0 Å². The zero-order valence-electron chi connectivity index (χ0n) is 10.7. The zero-order valence-corrected chi connectivity index (χ0v) is 13.1. The molecule has 0 fully saturated rings. The summed E-state index contributed by atoms with van der Waals surface area (Å²) in [6, 6.07) is 10.0. The molecule has 0 aliphatic heterocycles. The minimum Gasteiger partial charge on any atom is -0.354 e. The van der Waals surface area contributed by atoms with Gasteiger partial charge in [0, 0.05) is 22.6 Å². The molecule has 4 aromatic rings. The standard InChI is InChI=1S/C15H9BrN4S/c16-9-5-13-15(18-7-9)12(3-4-17-13)20-10-1-2-11-14(6-10)21-8-19-11/h1-8H,(H,17,20). The van der Waals surface area contributed by atoms with Gasteiger partial charge in [0.15, 0.2) is 0 Å². The van der Waals surface area contributed by atoms with Crippen molar-refractivity contribution in [1.29, 1.82) is 0 Å². The Labute approximate surface area is 133 Å². The maximum Gasteiger partial charge on any atom is 0.112 e. The minimum atomic E-state index is 0.852. The van der Waals surface area contributed by atoms with Crippen molar-refractivity contribution in [1.82, 2.24) is 15.0 Å². The minimum absolute atomic E-state index is 0.852. The average molecular weight is 357 g/mol. The van der Waals surface area contributed by atoms with Crippen LogP contribution in [0.25, 0.3) is 21.3 Å². The summed E-state index contributed by atoms with van der Waals surface area (Å²) in [6.07, 6.45) is 3.56. The molecular weight excluding hydrogens is 348 g/mol. The first-order valence-corrected chi connectivity index (χ1v) is 7.97. The number of halogens is 1. The van der Waals surface area contributed by atoms with Gasteiger partial charge in [-0.05, 0) is 46.3 Å². The van der Waals surface area contributed by atoms with Gasteiger partial charge in [-0.1, -0.05) is 0 Å². The summed E-state index contributed by atoms with van der Waals surface area (Å²) in [4.78, 5) is 13.1. The second-order valence-electron chi connectivity index (χ2n) is 4.54. The average Bonchev–Trinajstić information content (AvgIpc) is 2.95. The molecule has 0 saturated carbocycles. The number of rotatable bonds is 2. The number of hydrogen-bond acceptors (Lipinski definition) is 5. The van der Waals surface area contributed by atoms with Gasteiger partial charge < -0.3 is 5.32 Å². The fourth-order valence-corrected chi connectivity index (χ4v) is 3.23. The summed E-state index contributed by atoms with van der Waals surface area (Å²) in [7, 11) is 0. The van der Waals surface area contributed by atoms with Gasteiger partial charge in [0.05, 0.1) is 26.9 Å². The van der Waals surface area contributed by atoms with Crippen LogP contribution in [0.15, 0.2) is 52.7 Å². The normalized spacial score (nSPS) is 11.1. The van der Waals surface area contributed by atoms with Crippen LogP contribution in [0.4, 0.5) is 11.4 Å². The largest absolute Gasteiger partial charge is 0.354 e. The first kappa shape index (κ1) is 12.7. The van der Waals surface area contributed by atoms with Gasteiger partial charge in [0.1, 0.15) is 5.52 Å². The molecule has 0 spiro atoms. The number of nitrogens with zero attached hydrogens (tertiary/aromatic N) is 3. The highest BCUT2D eigenvalue weighted by molar-refractivity contribution is 9.10. The maximum absolute atomic E-state index is 4.45. The number of fused-ring (bicyclic) bond motifs is 2. The Hall–Kier alpha value is -2.05. The first-order chi connectivity index (χ1) is 10.3. The molecule has 3 aromatic heterocycles. The van der Waals surface area contributed by atoms with Crippen molar-refractivity contribution < 1.29 is 0 Å². The van der Waals surface area contributed by atoms with Crippen LogP contribution in [0, 0.1) is 0 Å². The third-order valence-corrected chi connectivity index (χ3v) is 4.38. The molecule has 3 heterocycles. The molecule has 0 bridgehead atoms. The van der Waals surface area contributed by atoms with Gasteiger partial charge in [-0.15, -0.1) is 11.3 Å². The summed E-state index contributed by atoms with van der Waals surface area (Å²) in [5.74, 6) is 0. The number of nitrogens with one attached hydrogen (secondary N) is 1. The molecule has 0 radical (unpaired) electrons. The van der Waals surface area contributed by atoms with Crippen LogP contribution in [-0.2, 0) is 0 Å². The number of thiazole rings is 1. The van der Waals surface area contributed by atoms with Gasteiger partial charge in [0.25, 0.3) is 0 Å². The van der Waals surface area contributed by atoms with E-state index in [1.54, 1.807) is 23.7 Å². The molecular formula is C15H9BrN4S. The Morgan fingerprint density at radius 2 is 1.95 bits per heavy atom. The van der Waals surface area contributed by atoms with Crippen molar-refractivity contribution >= 4 is 59.9 Å². The molecule has 0 saturated heterocycles. The fourth-order valence-electron chi connectivity index (χ4n) is 2.19. The van der Waals surface area contributed by atoms with E-state index in [1.165, 1.54) is 0 Å². The molecule has 0 unspecified atom stereocenters. The molecule has 1 N–H and O–H groups in total. The highest BCUT2D eigenvalue weighted by Crippen LogP contribution is 2.27. The lowest BCUT2D eigenvalue weighted by molar-refractivity contribution is 1.32. The number of pyridine rings is 2. The molecule has 0 aliphatic rings. The Bertz CT molecular complexity index is 951. The fraction of sp³-hybridized carbons (Fsp3) is 0. The summed E-state index contributed by atoms with van der Waals surface area (Å²) in [6.45, 7) is 0. The van der Waals surface area contributed by atoms with E-state index in [0.717, 1.165) is 37.1 Å². The van der Waals surface area contributed by atoms with E-state index in [4.69, 9.17) is 0 Å². The maximum atomic E-state index is 4.45. The van der Waals surface area contributed by atoms with Crippen LogP contribution < -0.4 is 5.32 Å². The number of hydrogen-bond donors (Lipinski definition) is 1. The van der Waals surface area contributed by atoms with Crippen LogP contribution >= 0.6 is 27.3 Å². The van der Waals surface area contributed by atoms with E-state index in [-0.39, 0.29) is 0 Å². The molecule has 4 rings (SSSR count). The van der Waals surface area contributed by atoms with E-state index < -0.39 is 0 Å². The summed E-state index contributed by atoms with van der Waals surface area (Å²) in [5.41, 5.74) is 6.54. The van der Waals surface area contributed by atoms with E-state index >= 15 is 0 Å². The topological polar surface area (TPSA) is 50.7 Å². The first-order valence-electron chi connectivity index (χ1n) is 6.30. The second kappa shape index (κ2) is 5.05. The van der Waals surface area contributed by atoms with Crippen LogP contribution in [0.2, 0.25) is 0 Å². The van der Waals surface area contributed by atoms with E-state index in [0.29, 0.717) is 0 Å². The molecule has 21 heavy (non-hydrogen) atoms. The van der Waals surface area contributed by atoms with E-state index in [9.17, 15) is 0 Å². The van der Waals surface area contributed by atoms with Crippen molar-refractivity contribution in [3.63, 3.8) is 0 Å². The van der Waals surface area contributed by atoms with Gasteiger partial charge in [-0.3, -0.25) is 9.97 Å². The van der Waals surface area contributed by atoms with Gasteiger partial charge in [-0.2, -0.15) is 0 Å². The lowest BCUT2D eigenvalue weighted by Gasteiger charge is -2.08. The highest BCUT2D eigenvalue weighted by Gasteiger charge is 2.05. The smallest absolute Gasteiger partial charge is 0.112 e. The highest BCUT2D eigenvalue weighted by atomic mass is 79.9. The SMILES string of the molecule is Brc1cnc2c(Nc3ccc4ncsc4c3)ccnc2c1. The summed E-state index contributed by atoms with van der Waals surface area (Å²) in [5, 5.41) is 3.41. The molecule has 6 heteroatoms. The number of benzene rings is 1. The predicted octanol–water partition coefficient (Wildman–Crippen LogP) is 4.75. The third-order valence-electron chi connectivity index (χ3n) is 3.15. The van der Waals surface area contributed by atoms with Crippen molar-refractivity contribution in [3.8, 4) is 0 Å². The molecule has 0 aliphatic carbocycles. The van der Waals surface area contributed by atoms with Crippen molar-refractivity contribution in [2.45, 2.75) is 0 Å². The Balaban J connectivity index is 1.79. The van der Waals surface area contributed by atoms with Crippen LogP contribution in [0.3, 0.4) is 0 Å². The third kappa shape index (κ3) is 2.36. The number of anilines is 2. The Morgan fingerprint density at radius 1 is 1.00 bits per heavy atom. The lowest BCUT2D eigenvalue weighted by Crippen LogP contribution is -1.94. The van der Waals surface area contributed by atoms with E-state index in [2.05, 4.69) is 42.3 Å². The number of aromatic nitrogens is 3. The molecule has 0 amide bonds. The molecule has 4 nitrogen and oxygen atoms in total. The van der Waals surface area contributed by atoms with Gasteiger partial charge in [-0.25, -0.2) is 4.98 Å². The van der Waals surface area contributed by atoms with Crippen molar-refractivity contribution in [3.05, 3.63) is 52.7 Å². The quantitative estimate of drug-likeness (QED) is 0.563. The lowest BCUT2D eigenvalue weighted by atomic mass is 10.2. The van der Waals surface area contributed by atoms with Gasteiger partial charge in [0.2, 0.25) is 0 Å². The second-order valence-corrected chi connectivity index (χ2v) is 6.34. The Kier molecular flexibility index (Phi) is 3.05. The predicted molar refractivity (Wildman–Crippen MR) is 90.1 cm³/mol. The molecule has 102 valence electrons. The van der Waals surface area contributed by atoms with Crippen LogP contribution in [0.1, 0.15) is 0 Å². The summed E-state index contributed by atoms with van der Waals surface area (Å²) >= 11 is 5.05. The monoisotopic (exact) mass is 356 g/mol. The van der Waals surface area contributed by atoms with Crippen LogP contribution in [0.5, 0.6) is 0 Å². The van der Waals surface area contributed by atoms with Crippen molar-refractivity contribution in [2.75, 3.05) is 5.32 Å². The molecule has 1 aromatic carbocycles.